The zero-order chi connectivity index (χ0) is 20.6. The number of fused-ring (bicyclic) bond motifs is 1. The Labute approximate surface area is 165 Å². The van der Waals surface area contributed by atoms with Crippen molar-refractivity contribution in [2.24, 2.45) is 16.2 Å². The summed E-state index contributed by atoms with van der Waals surface area (Å²) in [6.45, 7) is 8.36. The Bertz CT molecular complexity index is 950. The number of amidine groups is 1. The largest absolute Gasteiger partial charge is 0.510 e. The summed E-state index contributed by atoms with van der Waals surface area (Å²) in [5, 5.41) is 15.1. The lowest BCUT2D eigenvalue weighted by molar-refractivity contribution is -0.132. The molecule has 2 heterocycles. The van der Waals surface area contributed by atoms with Crippen LogP contribution in [0.3, 0.4) is 0 Å². The molecule has 0 saturated heterocycles. The number of hydrogen-bond acceptors (Lipinski definition) is 6. The zero-order valence-corrected chi connectivity index (χ0v) is 17.2. The maximum atomic E-state index is 13.1. The van der Waals surface area contributed by atoms with Crippen molar-refractivity contribution < 1.29 is 18.3 Å². The highest BCUT2D eigenvalue weighted by molar-refractivity contribution is 7.90. The van der Waals surface area contributed by atoms with E-state index in [0.29, 0.717) is 18.2 Å². The molecule has 0 spiro atoms. The van der Waals surface area contributed by atoms with Crippen molar-refractivity contribution in [3.8, 4) is 0 Å². The van der Waals surface area contributed by atoms with E-state index in [1.54, 1.807) is 18.2 Å². The number of carbonyl (C=O) groups excluding carboxylic acids is 1. The van der Waals surface area contributed by atoms with E-state index in [-0.39, 0.29) is 28.0 Å². The molecule has 0 saturated carbocycles. The van der Waals surface area contributed by atoms with Crippen molar-refractivity contribution in [1.29, 1.82) is 0 Å². The number of hydrogen-bond donors (Lipinski definition) is 3. The van der Waals surface area contributed by atoms with E-state index in [1.165, 1.54) is 11.1 Å². The highest BCUT2D eigenvalue weighted by Gasteiger charge is 2.39. The number of aliphatic hydroxyl groups excluding tert-OH is 1. The van der Waals surface area contributed by atoms with Gasteiger partial charge in [0.15, 0.2) is 5.84 Å². The van der Waals surface area contributed by atoms with Crippen LogP contribution in [0.1, 0.15) is 34.1 Å². The Kier molecular flexibility index (Phi) is 5.49. The Hall–Kier alpha value is -2.39. The molecular formula is C19H26N4O4S. The van der Waals surface area contributed by atoms with Crippen LogP contribution in [0.2, 0.25) is 0 Å². The summed E-state index contributed by atoms with van der Waals surface area (Å²) in [7, 11) is -3.98. The van der Waals surface area contributed by atoms with Gasteiger partial charge in [-0.05, 0) is 30.4 Å². The van der Waals surface area contributed by atoms with Crippen LogP contribution < -0.4 is 10.7 Å². The third-order valence-corrected chi connectivity index (χ3v) is 6.10. The van der Waals surface area contributed by atoms with Crippen molar-refractivity contribution in [2.75, 3.05) is 11.9 Å². The predicted octanol–water partition coefficient (Wildman–Crippen LogP) is 2.43. The number of nitrogens with zero attached hydrogens (tertiary/aromatic N) is 2. The molecule has 2 aliphatic heterocycles. The molecule has 1 atom stereocenters. The summed E-state index contributed by atoms with van der Waals surface area (Å²) in [6.07, 6.45) is 0.763. The minimum Gasteiger partial charge on any atom is -0.510 e. The van der Waals surface area contributed by atoms with E-state index in [1.807, 2.05) is 13.8 Å². The topological polar surface area (TPSA) is 111 Å². The number of rotatable bonds is 5. The first-order valence-electron chi connectivity index (χ1n) is 9.34. The molecule has 2 aliphatic rings. The van der Waals surface area contributed by atoms with Gasteiger partial charge in [0.05, 0.1) is 11.7 Å². The third kappa shape index (κ3) is 3.77. The lowest BCUT2D eigenvalue weighted by Crippen LogP contribution is -2.57. The third-order valence-electron chi connectivity index (χ3n) is 4.77. The highest BCUT2D eigenvalue weighted by Crippen LogP contribution is 2.31. The second-order valence-corrected chi connectivity index (χ2v) is 9.36. The molecule has 1 unspecified atom stereocenters. The van der Waals surface area contributed by atoms with Gasteiger partial charge in [-0.15, -0.1) is 4.40 Å². The second-order valence-electron chi connectivity index (χ2n) is 7.79. The number of para-hydroxylation sites is 1. The van der Waals surface area contributed by atoms with E-state index in [9.17, 15) is 18.3 Å². The SMILES string of the molecule is CC(C)CCN1NC(C(C)C)C(O)=C(C2=NS(=O)(=O)c3ccccc3N2)C1=O. The van der Waals surface area contributed by atoms with Crippen LogP contribution in [0.4, 0.5) is 5.69 Å². The maximum absolute atomic E-state index is 13.1. The number of sulfonamides is 1. The van der Waals surface area contributed by atoms with Crippen molar-refractivity contribution in [3.63, 3.8) is 0 Å². The van der Waals surface area contributed by atoms with Gasteiger partial charge in [0, 0.05) is 6.54 Å². The lowest BCUT2D eigenvalue weighted by Gasteiger charge is -2.37. The Balaban J connectivity index is 2.06. The normalized spacial score (nSPS) is 21.6. The summed E-state index contributed by atoms with van der Waals surface area (Å²) in [5.74, 6) is -0.509. The second kappa shape index (κ2) is 7.56. The number of benzene rings is 1. The van der Waals surface area contributed by atoms with Crippen molar-refractivity contribution in [3.05, 3.63) is 35.6 Å². The van der Waals surface area contributed by atoms with Crippen molar-refractivity contribution in [2.45, 2.75) is 45.1 Å². The van der Waals surface area contributed by atoms with Crippen LogP contribution in [0, 0.1) is 11.8 Å². The molecule has 3 rings (SSSR count). The number of hydrazine groups is 1. The molecule has 0 aromatic heterocycles. The van der Waals surface area contributed by atoms with E-state index in [4.69, 9.17) is 0 Å². The molecule has 28 heavy (non-hydrogen) atoms. The first-order chi connectivity index (χ1) is 13.1. The van der Waals surface area contributed by atoms with Gasteiger partial charge in [0.25, 0.3) is 15.9 Å². The fourth-order valence-corrected chi connectivity index (χ4v) is 4.27. The Morgan fingerprint density at radius 2 is 1.89 bits per heavy atom. The van der Waals surface area contributed by atoms with Crippen LogP contribution in [-0.2, 0) is 14.8 Å². The number of anilines is 1. The van der Waals surface area contributed by atoms with E-state index >= 15 is 0 Å². The van der Waals surface area contributed by atoms with Crippen molar-refractivity contribution in [1.82, 2.24) is 10.4 Å². The molecule has 1 amide bonds. The summed E-state index contributed by atoms with van der Waals surface area (Å²) < 4.78 is 28.9. The number of nitrogens with one attached hydrogen (secondary N) is 2. The minimum absolute atomic E-state index is 0.0299. The quantitative estimate of drug-likeness (QED) is 0.693. The van der Waals surface area contributed by atoms with Crippen LogP contribution in [-0.4, -0.2) is 42.9 Å². The molecule has 0 radical (unpaired) electrons. The van der Waals surface area contributed by atoms with E-state index in [2.05, 4.69) is 29.0 Å². The fraction of sp³-hybridized carbons (Fsp3) is 0.474. The predicted molar refractivity (Wildman–Crippen MR) is 107 cm³/mol. The number of aliphatic hydroxyl groups is 1. The summed E-state index contributed by atoms with van der Waals surface area (Å²) >= 11 is 0. The molecule has 8 nitrogen and oxygen atoms in total. The minimum atomic E-state index is -3.98. The first kappa shape index (κ1) is 20.3. The van der Waals surface area contributed by atoms with Gasteiger partial charge in [-0.25, -0.2) is 5.43 Å². The van der Waals surface area contributed by atoms with Gasteiger partial charge in [-0.1, -0.05) is 39.8 Å². The fourth-order valence-electron chi connectivity index (χ4n) is 3.15. The summed E-state index contributed by atoms with van der Waals surface area (Å²) in [5.41, 5.74) is 3.28. The number of carbonyl (C=O) groups is 1. The first-order valence-corrected chi connectivity index (χ1v) is 10.8. The zero-order valence-electron chi connectivity index (χ0n) is 16.4. The molecule has 3 N–H and O–H groups in total. The lowest BCUT2D eigenvalue weighted by atomic mass is 9.96. The smallest absolute Gasteiger partial charge is 0.286 e. The Morgan fingerprint density at radius 3 is 2.54 bits per heavy atom. The van der Waals surface area contributed by atoms with Crippen LogP contribution in [0.5, 0.6) is 0 Å². The van der Waals surface area contributed by atoms with Crippen LogP contribution >= 0.6 is 0 Å². The van der Waals surface area contributed by atoms with Gasteiger partial charge in [-0.2, -0.15) is 8.42 Å². The maximum Gasteiger partial charge on any atom is 0.286 e. The van der Waals surface area contributed by atoms with Gasteiger partial charge < -0.3 is 10.4 Å². The number of amides is 1. The van der Waals surface area contributed by atoms with Crippen molar-refractivity contribution >= 4 is 27.5 Å². The Morgan fingerprint density at radius 1 is 1.21 bits per heavy atom. The molecular weight excluding hydrogens is 380 g/mol. The molecule has 0 aliphatic carbocycles. The average Bonchev–Trinajstić information content (AvgIpc) is 2.60. The monoisotopic (exact) mass is 406 g/mol. The van der Waals surface area contributed by atoms with Gasteiger partial charge in [-0.3, -0.25) is 9.80 Å². The molecule has 9 heteroatoms. The molecule has 0 bridgehead atoms. The van der Waals surface area contributed by atoms with Gasteiger partial charge in [0.1, 0.15) is 16.2 Å². The highest BCUT2D eigenvalue weighted by atomic mass is 32.2. The molecule has 1 aromatic carbocycles. The molecule has 152 valence electrons. The molecule has 1 aromatic rings. The van der Waals surface area contributed by atoms with E-state index < -0.39 is 22.0 Å². The van der Waals surface area contributed by atoms with Gasteiger partial charge >= 0.3 is 0 Å². The molecule has 0 fully saturated rings. The standard InChI is InChI=1S/C19H26N4O4S/c1-11(2)9-10-23-19(25)15(17(24)16(21-23)12(3)4)18-20-13-7-5-6-8-14(13)28(26,27)22-18/h5-8,11-12,16,21,24H,9-10H2,1-4H3,(H,20,22). The summed E-state index contributed by atoms with van der Waals surface area (Å²) in [6, 6.07) is 5.81. The van der Waals surface area contributed by atoms with Crippen LogP contribution in [0.15, 0.2) is 44.9 Å². The van der Waals surface area contributed by atoms with Gasteiger partial charge in [0.2, 0.25) is 0 Å². The van der Waals surface area contributed by atoms with Crippen LogP contribution in [0.25, 0.3) is 0 Å². The average molecular weight is 407 g/mol. The summed E-state index contributed by atoms with van der Waals surface area (Å²) in [4.78, 5) is 13.1. The van der Waals surface area contributed by atoms with E-state index in [0.717, 1.165) is 6.42 Å².